The maximum absolute atomic E-state index is 13.2. The van der Waals surface area contributed by atoms with Gasteiger partial charge in [-0.2, -0.15) is 0 Å². The number of hydrogen-bond acceptors (Lipinski definition) is 5. The van der Waals surface area contributed by atoms with Gasteiger partial charge in [0.1, 0.15) is 11.3 Å². The van der Waals surface area contributed by atoms with Gasteiger partial charge < -0.3 is 14.3 Å². The number of rotatable bonds is 7. The van der Waals surface area contributed by atoms with Crippen molar-refractivity contribution in [3.63, 3.8) is 0 Å². The molecule has 0 radical (unpaired) electrons. The predicted octanol–water partition coefficient (Wildman–Crippen LogP) is 6.55. The van der Waals surface area contributed by atoms with Crippen LogP contribution in [0.5, 0.6) is 11.5 Å². The van der Waals surface area contributed by atoms with E-state index in [9.17, 15) is 14.7 Å². The summed E-state index contributed by atoms with van der Waals surface area (Å²) < 4.78 is 12.7. The summed E-state index contributed by atoms with van der Waals surface area (Å²) in [7, 11) is 0. The highest BCUT2D eigenvalue weighted by Gasteiger charge is 2.24. The summed E-state index contributed by atoms with van der Waals surface area (Å²) in [4.78, 5) is 25.1. The second-order valence-corrected chi connectivity index (χ2v) is 8.47. The Balaban J connectivity index is 2.05. The lowest BCUT2D eigenvalue weighted by Crippen LogP contribution is -2.07. The van der Waals surface area contributed by atoms with Crippen LogP contribution in [0, 0.1) is 0 Å². The van der Waals surface area contributed by atoms with Crippen LogP contribution in [-0.2, 0) is 11.2 Å². The van der Waals surface area contributed by atoms with Crippen molar-refractivity contribution in [1.82, 2.24) is 0 Å². The van der Waals surface area contributed by atoms with Crippen LogP contribution in [0.25, 0.3) is 11.0 Å². The lowest BCUT2D eigenvalue weighted by Gasteiger charge is -2.07. The van der Waals surface area contributed by atoms with Crippen LogP contribution in [0.15, 0.2) is 43.7 Å². The number of hydrogen-bond donors (Lipinski definition) is 1. The SMILES string of the molecule is CCCCC(=O)Oc1cc2oc(CC)c(C(=O)c3cc(Br)cc(Br)c3)c2cc1O. The summed E-state index contributed by atoms with van der Waals surface area (Å²) in [5.74, 6) is -0.307. The standard InChI is InChI=1S/C22H20Br2O5/c1-3-5-6-20(26)29-19-11-18-15(10-16(19)25)21(17(4-2)28-18)22(27)12-7-13(23)9-14(24)8-12/h7-11,25H,3-6H2,1-2H3. The number of furan rings is 1. The Morgan fingerprint density at radius 2 is 1.76 bits per heavy atom. The van der Waals surface area contributed by atoms with Gasteiger partial charge in [-0.15, -0.1) is 0 Å². The molecule has 0 saturated heterocycles. The van der Waals surface area contributed by atoms with Crippen molar-refractivity contribution in [2.24, 2.45) is 0 Å². The Kier molecular flexibility index (Phi) is 6.80. The third-order valence-electron chi connectivity index (χ3n) is 4.47. The zero-order valence-electron chi connectivity index (χ0n) is 16.1. The van der Waals surface area contributed by atoms with E-state index >= 15 is 0 Å². The van der Waals surface area contributed by atoms with Crippen LogP contribution >= 0.6 is 31.9 Å². The van der Waals surface area contributed by atoms with Crippen molar-refractivity contribution < 1.29 is 23.8 Å². The fourth-order valence-corrected chi connectivity index (χ4v) is 4.36. The zero-order valence-corrected chi connectivity index (χ0v) is 19.2. The summed E-state index contributed by atoms with van der Waals surface area (Å²) in [5.41, 5.74) is 1.26. The normalized spacial score (nSPS) is 11.0. The van der Waals surface area contributed by atoms with E-state index < -0.39 is 5.97 Å². The Hall–Kier alpha value is -2.12. The Bertz CT molecular complexity index is 1060. The van der Waals surface area contributed by atoms with E-state index in [0.29, 0.717) is 40.7 Å². The number of aryl methyl sites for hydroxylation is 1. The average molecular weight is 524 g/mol. The average Bonchev–Trinajstić information content (AvgIpc) is 3.02. The molecule has 0 aliphatic carbocycles. The minimum Gasteiger partial charge on any atom is -0.504 e. The smallest absolute Gasteiger partial charge is 0.311 e. The van der Waals surface area contributed by atoms with Crippen LogP contribution in [0.3, 0.4) is 0 Å². The summed E-state index contributed by atoms with van der Waals surface area (Å²) >= 11 is 6.80. The van der Waals surface area contributed by atoms with Gasteiger partial charge in [0.05, 0.1) is 5.56 Å². The molecular formula is C22H20Br2O5. The highest BCUT2D eigenvalue weighted by molar-refractivity contribution is 9.11. The molecule has 3 aromatic rings. The molecule has 7 heteroatoms. The quantitative estimate of drug-likeness (QED) is 0.216. The number of halogens is 2. The first-order chi connectivity index (χ1) is 13.8. The maximum atomic E-state index is 13.2. The summed E-state index contributed by atoms with van der Waals surface area (Å²) in [5, 5.41) is 10.9. The Morgan fingerprint density at radius 1 is 1.07 bits per heavy atom. The van der Waals surface area contributed by atoms with E-state index in [1.165, 1.54) is 12.1 Å². The minimum absolute atomic E-state index is 0.0270. The van der Waals surface area contributed by atoms with E-state index in [0.717, 1.165) is 15.4 Å². The van der Waals surface area contributed by atoms with Crippen LogP contribution < -0.4 is 4.74 Å². The highest BCUT2D eigenvalue weighted by Crippen LogP contribution is 2.37. The Morgan fingerprint density at radius 3 is 2.38 bits per heavy atom. The van der Waals surface area contributed by atoms with E-state index in [4.69, 9.17) is 9.15 Å². The summed E-state index contributed by atoms with van der Waals surface area (Å²) in [6.45, 7) is 3.87. The minimum atomic E-state index is -0.418. The first-order valence-electron chi connectivity index (χ1n) is 9.33. The number of unbranched alkanes of at least 4 members (excludes halogenated alkanes) is 1. The van der Waals surface area contributed by atoms with E-state index in [-0.39, 0.29) is 23.7 Å². The van der Waals surface area contributed by atoms with Crippen molar-refractivity contribution in [3.05, 3.63) is 56.2 Å². The van der Waals surface area contributed by atoms with Gasteiger partial charge in [-0.1, -0.05) is 52.1 Å². The number of fused-ring (bicyclic) bond motifs is 1. The fraction of sp³-hybridized carbons (Fsp3) is 0.273. The van der Waals surface area contributed by atoms with Crippen molar-refractivity contribution in [3.8, 4) is 11.5 Å². The number of benzene rings is 2. The van der Waals surface area contributed by atoms with Gasteiger partial charge in [-0.05, 0) is 30.7 Å². The molecule has 1 N–H and O–H groups in total. The molecule has 0 aliphatic rings. The van der Waals surface area contributed by atoms with E-state index in [2.05, 4.69) is 31.9 Å². The number of esters is 1. The number of carbonyl (C=O) groups is 2. The third-order valence-corrected chi connectivity index (χ3v) is 5.39. The van der Waals surface area contributed by atoms with Gasteiger partial charge in [0.15, 0.2) is 17.3 Å². The summed E-state index contributed by atoms with van der Waals surface area (Å²) in [6.07, 6.45) is 2.35. The number of ketones is 1. The molecule has 0 fully saturated rings. The number of phenolic OH excluding ortho intramolecular Hbond substituents is 1. The van der Waals surface area contributed by atoms with E-state index in [1.807, 2.05) is 19.9 Å². The number of ether oxygens (including phenoxy) is 1. The number of aromatic hydroxyl groups is 1. The maximum Gasteiger partial charge on any atom is 0.311 e. The lowest BCUT2D eigenvalue weighted by molar-refractivity contribution is -0.134. The van der Waals surface area contributed by atoms with Crippen LogP contribution in [0.4, 0.5) is 0 Å². The molecule has 1 heterocycles. The molecule has 152 valence electrons. The number of carbonyl (C=O) groups excluding carboxylic acids is 2. The van der Waals surface area contributed by atoms with Gasteiger partial charge in [-0.3, -0.25) is 9.59 Å². The van der Waals surface area contributed by atoms with Gasteiger partial charge in [0, 0.05) is 38.8 Å². The summed E-state index contributed by atoms with van der Waals surface area (Å²) in [6, 6.07) is 8.18. The van der Waals surface area contributed by atoms with Gasteiger partial charge >= 0.3 is 5.97 Å². The largest absolute Gasteiger partial charge is 0.504 e. The molecule has 3 rings (SSSR count). The van der Waals surface area contributed by atoms with Crippen LogP contribution in [0.1, 0.15) is 54.8 Å². The zero-order chi connectivity index (χ0) is 21.1. The van der Waals surface area contributed by atoms with Crippen molar-refractivity contribution in [1.29, 1.82) is 0 Å². The first-order valence-corrected chi connectivity index (χ1v) is 10.9. The second kappa shape index (κ2) is 9.13. The van der Waals surface area contributed by atoms with E-state index in [1.54, 1.807) is 12.1 Å². The molecule has 0 atom stereocenters. The third kappa shape index (κ3) is 4.73. The molecule has 1 aromatic heterocycles. The highest BCUT2D eigenvalue weighted by atomic mass is 79.9. The molecule has 0 bridgehead atoms. The lowest BCUT2D eigenvalue weighted by atomic mass is 9.99. The molecular weight excluding hydrogens is 504 g/mol. The molecule has 2 aromatic carbocycles. The van der Waals surface area contributed by atoms with Gasteiger partial charge in [-0.25, -0.2) is 0 Å². The molecule has 0 amide bonds. The van der Waals surface area contributed by atoms with Crippen molar-refractivity contribution >= 4 is 54.6 Å². The topological polar surface area (TPSA) is 76.7 Å². The van der Waals surface area contributed by atoms with Crippen molar-refractivity contribution in [2.45, 2.75) is 39.5 Å². The molecule has 0 unspecified atom stereocenters. The molecule has 0 spiro atoms. The van der Waals surface area contributed by atoms with Crippen LogP contribution in [0.2, 0.25) is 0 Å². The predicted molar refractivity (Wildman–Crippen MR) is 118 cm³/mol. The van der Waals surface area contributed by atoms with Gasteiger partial charge in [0.25, 0.3) is 0 Å². The number of phenols is 1. The first kappa shape index (κ1) is 21.6. The molecule has 0 aliphatic heterocycles. The van der Waals surface area contributed by atoms with Crippen LogP contribution in [-0.4, -0.2) is 16.9 Å². The fourth-order valence-electron chi connectivity index (χ4n) is 3.07. The molecule has 0 saturated carbocycles. The molecule has 29 heavy (non-hydrogen) atoms. The second-order valence-electron chi connectivity index (χ2n) is 6.63. The monoisotopic (exact) mass is 522 g/mol. The Labute approximate surface area is 185 Å². The van der Waals surface area contributed by atoms with Gasteiger partial charge in [0.2, 0.25) is 0 Å². The van der Waals surface area contributed by atoms with Crippen molar-refractivity contribution in [2.75, 3.05) is 0 Å². The molecule has 5 nitrogen and oxygen atoms in total.